The van der Waals surface area contributed by atoms with Crippen molar-refractivity contribution in [2.24, 2.45) is 0 Å². The van der Waals surface area contributed by atoms with Crippen LogP contribution in [-0.2, 0) is 0 Å². The Bertz CT molecular complexity index is 461. The molecule has 1 aromatic carbocycles. The summed E-state index contributed by atoms with van der Waals surface area (Å²) in [5.74, 6) is 1.31. The van der Waals surface area contributed by atoms with Gasteiger partial charge in [0.25, 0.3) is 5.91 Å². The van der Waals surface area contributed by atoms with Crippen molar-refractivity contribution in [2.75, 3.05) is 26.3 Å². The van der Waals surface area contributed by atoms with Crippen LogP contribution in [-0.4, -0.2) is 38.3 Å². The molecule has 5 nitrogen and oxygen atoms in total. The summed E-state index contributed by atoms with van der Waals surface area (Å²) in [6.45, 7) is 2.90. The minimum Gasteiger partial charge on any atom is -0.486 e. The molecule has 1 saturated heterocycles. The van der Waals surface area contributed by atoms with E-state index in [0.717, 1.165) is 19.5 Å². The van der Waals surface area contributed by atoms with Crippen molar-refractivity contribution in [3.8, 4) is 11.5 Å². The second-order valence-corrected chi connectivity index (χ2v) is 4.52. The number of amides is 1. The van der Waals surface area contributed by atoms with Crippen molar-refractivity contribution in [3.63, 3.8) is 0 Å². The first-order valence-electron chi connectivity index (χ1n) is 6.24. The molecular formula is C13H17ClN2O3. The number of hydrogen-bond acceptors (Lipinski definition) is 4. The molecule has 0 spiro atoms. The highest BCUT2D eigenvalue weighted by Gasteiger charge is 2.19. The Morgan fingerprint density at radius 2 is 2.05 bits per heavy atom. The highest BCUT2D eigenvalue weighted by molar-refractivity contribution is 5.95. The van der Waals surface area contributed by atoms with Crippen LogP contribution in [0.4, 0.5) is 0 Å². The van der Waals surface area contributed by atoms with Gasteiger partial charge in [-0.1, -0.05) is 0 Å². The molecule has 1 atom stereocenters. The van der Waals surface area contributed by atoms with Gasteiger partial charge in [-0.25, -0.2) is 0 Å². The van der Waals surface area contributed by atoms with E-state index in [1.54, 1.807) is 18.2 Å². The van der Waals surface area contributed by atoms with Crippen molar-refractivity contribution in [3.05, 3.63) is 23.8 Å². The predicted molar refractivity (Wildman–Crippen MR) is 73.4 cm³/mol. The lowest BCUT2D eigenvalue weighted by Crippen LogP contribution is -2.36. The zero-order chi connectivity index (χ0) is 12.4. The molecule has 6 heteroatoms. The summed E-state index contributed by atoms with van der Waals surface area (Å²) in [4.78, 5) is 12.1. The first-order chi connectivity index (χ1) is 8.83. The summed E-state index contributed by atoms with van der Waals surface area (Å²) in [7, 11) is 0. The molecular weight excluding hydrogens is 268 g/mol. The van der Waals surface area contributed by atoms with Crippen molar-refractivity contribution >= 4 is 18.3 Å². The first-order valence-corrected chi connectivity index (χ1v) is 6.24. The maximum absolute atomic E-state index is 12.1. The van der Waals surface area contributed by atoms with Crippen molar-refractivity contribution in [2.45, 2.75) is 12.5 Å². The molecule has 1 fully saturated rings. The highest BCUT2D eigenvalue weighted by atomic mass is 35.5. The summed E-state index contributed by atoms with van der Waals surface area (Å²) in [6.07, 6.45) is 0.982. The molecule has 2 aliphatic heterocycles. The number of carbonyl (C=O) groups excluding carboxylic acids is 1. The van der Waals surface area contributed by atoms with Gasteiger partial charge < -0.3 is 20.1 Å². The Morgan fingerprint density at radius 1 is 1.26 bits per heavy atom. The average molecular weight is 285 g/mol. The second-order valence-electron chi connectivity index (χ2n) is 4.52. The van der Waals surface area contributed by atoms with Crippen LogP contribution in [0.3, 0.4) is 0 Å². The minimum atomic E-state index is -0.0549. The monoisotopic (exact) mass is 284 g/mol. The Kier molecular flexibility index (Phi) is 4.50. The molecule has 0 bridgehead atoms. The van der Waals surface area contributed by atoms with Gasteiger partial charge in [-0.3, -0.25) is 4.79 Å². The summed E-state index contributed by atoms with van der Waals surface area (Å²) in [5, 5.41) is 6.22. The molecule has 104 valence electrons. The molecule has 2 aliphatic rings. The number of carbonyl (C=O) groups is 1. The molecule has 0 aliphatic carbocycles. The number of hydrogen-bond donors (Lipinski definition) is 2. The molecule has 19 heavy (non-hydrogen) atoms. The van der Waals surface area contributed by atoms with Crippen LogP contribution >= 0.6 is 12.4 Å². The van der Waals surface area contributed by atoms with Crippen molar-refractivity contribution in [1.82, 2.24) is 10.6 Å². The van der Waals surface area contributed by atoms with Crippen molar-refractivity contribution < 1.29 is 14.3 Å². The topological polar surface area (TPSA) is 59.6 Å². The molecule has 0 radical (unpaired) electrons. The van der Waals surface area contributed by atoms with E-state index in [1.807, 2.05) is 0 Å². The maximum Gasteiger partial charge on any atom is 0.251 e. The van der Waals surface area contributed by atoms with Gasteiger partial charge in [0, 0.05) is 18.2 Å². The SMILES string of the molecule is Cl.O=C(N[C@H]1CCNC1)c1ccc2c(c1)OCCO2. The third kappa shape index (κ3) is 3.11. The molecule has 1 amide bonds. The average Bonchev–Trinajstić information content (AvgIpc) is 2.91. The molecule has 2 heterocycles. The largest absolute Gasteiger partial charge is 0.486 e. The van der Waals surface area contributed by atoms with E-state index in [9.17, 15) is 4.79 Å². The van der Waals surface area contributed by atoms with Crippen LogP contribution < -0.4 is 20.1 Å². The van der Waals surface area contributed by atoms with Crippen LogP contribution in [0.15, 0.2) is 18.2 Å². The van der Waals surface area contributed by atoms with Crippen LogP contribution in [0.5, 0.6) is 11.5 Å². The Balaban J connectivity index is 0.00000133. The van der Waals surface area contributed by atoms with E-state index in [-0.39, 0.29) is 24.4 Å². The fourth-order valence-corrected chi connectivity index (χ4v) is 2.23. The second kappa shape index (κ2) is 6.12. The Morgan fingerprint density at radius 3 is 2.79 bits per heavy atom. The molecule has 2 N–H and O–H groups in total. The van der Waals surface area contributed by atoms with E-state index in [0.29, 0.717) is 30.3 Å². The normalized spacial score (nSPS) is 20.5. The van der Waals surface area contributed by atoms with Gasteiger partial charge in [0.05, 0.1) is 0 Å². The third-order valence-corrected chi connectivity index (χ3v) is 3.20. The number of nitrogens with one attached hydrogen (secondary N) is 2. The smallest absolute Gasteiger partial charge is 0.251 e. The van der Waals surface area contributed by atoms with Gasteiger partial charge in [-0.2, -0.15) is 0 Å². The maximum atomic E-state index is 12.1. The molecule has 0 aromatic heterocycles. The highest BCUT2D eigenvalue weighted by Crippen LogP contribution is 2.30. The Hall–Kier alpha value is -1.46. The van der Waals surface area contributed by atoms with E-state index in [1.165, 1.54) is 0 Å². The quantitative estimate of drug-likeness (QED) is 0.850. The first kappa shape index (κ1) is 14.0. The molecule has 1 aromatic rings. The van der Waals surface area contributed by atoms with Crippen LogP contribution in [0, 0.1) is 0 Å². The lowest BCUT2D eigenvalue weighted by molar-refractivity contribution is 0.0939. The van der Waals surface area contributed by atoms with Gasteiger partial charge in [-0.15, -0.1) is 12.4 Å². The fourth-order valence-electron chi connectivity index (χ4n) is 2.23. The predicted octanol–water partition coefficient (Wildman–Crippen LogP) is 0.971. The van der Waals surface area contributed by atoms with E-state index < -0.39 is 0 Å². The van der Waals surface area contributed by atoms with Gasteiger partial charge in [0.2, 0.25) is 0 Å². The van der Waals surface area contributed by atoms with E-state index in [4.69, 9.17) is 9.47 Å². The Labute approximate surface area is 118 Å². The number of halogens is 1. The number of ether oxygens (including phenoxy) is 2. The number of benzene rings is 1. The number of rotatable bonds is 2. The van der Waals surface area contributed by atoms with Crippen molar-refractivity contribution in [1.29, 1.82) is 0 Å². The van der Waals surface area contributed by atoms with Gasteiger partial charge in [0.15, 0.2) is 11.5 Å². The van der Waals surface area contributed by atoms with Gasteiger partial charge in [-0.05, 0) is 31.2 Å². The summed E-state index contributed by atoms with van der Waals surface area (Å²) < 4.78 is 10.9. The molecule has 3 rings (SSSR count). The van der Waals surface area contributed by atoms with Crippen LogP contribution in [0.25, 0.3) is 0 Å². The van der Waals surface area contributed by atoms with Crippen LogP contribution in [0.1, 0.15) is 16.8 Å². The molecule has 0 unspecified atom stereocenters. The fraction of sp³-hybridized carbons (Fsp3) is 0.462. The summed E-state index contributed by atoms with van der Waals surface area (Å²) in [6, 6.07) is 5.53. The summed E-state index contributed by atoms with van der Waals surface area (Å²) >= 11 is 0. The van der Waals surface area contributed by atoms with E-state index >= 15 is 0 Å². The standard InChI is InChI=1S/C13H16N2O3.ClH/c16-13(15-10-3-4-14-8-10)9-1-2-11-12(7-9)18-6-5-17-11;/h1-2,7,10,14H,3-6,8H2,(H,15,16);1H/t10-;/m0./s1. The zero-order valence-electron chi connectivity index (χ0n) is 10.5. The third-order valence-electron chi connectivity index (χ3n) is 3.20. The lowest BCUT2D eigenvalue weighted by Gasteiger charge is -2.19. The number of fused-ring (bicyclic) bond motifs is 1. The zero-order valence-corrected chi connectivity index (χ0v) is 11.3. The molecule has 0 saturated carbocycles. The minimum absolute atomic E-state index is 0. The van der Waals surface area contributed by atoms with Gasteiger partial charge in [0.1, 0.15) is 13.2 Å². The van der Waals surface area contributed by atoms with Crippen LogP contribution in [0.2, 0.25) is 0 Å². The summed E-state index contributed by atoms with van der Waals surface area (Å²) in [5.41, 5.74) is 0.617. The van der Waals surface area contributed by atoms with E-state index in [2.05, 4.69) is 10.6 Å². The van der Waals surface area contributed by atoms with Gasteiger partial charge >= 0.3 is 0 Å². The lowest BCUT2D eigenvalue weighted by atomic mass is 10.1.